The number of rotatable bonds is 5. The van der Waals surface area contributed by atoms with Gasteiger partial charge in [-0.3, -0.25) is 9.82 Å². The molecule has 2 aromatic carbocycles. The molecule has 1 atom stereocenters. The van der Waals surface area contributed by atoms with E-state index in [1.54, 1.807) is 30.0 Å². The number of thioether (sulfide) groups is 1. The third kappa shape index (κ3) is 3.54. The van der Waals surface area contributed by atoms with Gasteiger partial charge in [0.1, 0.15) is 4.90 Å². The lowest BCUT2D eigenvalue weighted by Crippen LogP contribution is -2.16. The summed E-state index contributed by atoms with van der Waals surface area (Å²) in [6.07, 6.45) is 3.94. The number of fused-ring (bicyclic) bond motifs is 1. The number of aromatic nitrogens is 2. The molecule has 0 saturated carbocycles. The van der Waals surface area contributed by atoms with E-state index in [0.717, 1.165) is 29.3 Å². The van der Waals surface area contributed by atoms with Gasteiger partial charge in [0.15, 0.2) is 9.84 Å². The molecule has 0 bridgehead atoms. The van der Waals surface area contributed by atoms with Crippen LogP contribution in [0.2, 0.25) is 0 Å². The van der Waals surface area contributed by atoms with Crippen molar-refractivity contribution in [1.82, 2.24) is 10.2 Å². The Kier molecular flexibility index (Phi) is 4.72. The Hall–Kier alpha value is -2.30. The van der Waals surface area contributed by atoms with Crippen molar-refractivity contribution in [3.05, 3.63) is 59.6 Å². The number of H-pyrrole nitrogens is 1. The number of aromatic amines is 1. The Morgan fingerprint density at radius 1 is 1.11 bits per heavy atom. The number of benzene rings is 2. The Labute approximate surface area is 167 Å². The molecule has 0 fully saturated rings. The second-order valence-electron chi connectivity index (χ2n) is 6.43. The number of hydrogen-bond acceptors (Lipinski definition) is 6. The highest BCUT2D eigenvalue weighted by molar-refractivity contribution is 8.02. The summed E-state index contributed by atoms with van der Waals surface area (Å²) in [5.74, 6) is 0. The van der Waals surface area contributed by atoms with Crippen LogP contribution < -0.4 is 4.72 Å². The van der Waals surface area contributed by atoms with E-state index in [9.17, 15) is 16.8 Å². The molecular weight excluding hydrogens is 418 g/mol. The molecule has 1 aromatic heterocycles. The van der Waals surface area contributed by atoms with E-state index in [1.165, 1.54) is 24.3 Å². The van der Waals surface area contributed by atoms with Crippen molar-refractivity contribution in [2.24, 2.45) is 0 Å². The molecule has 4 rings (SSSR count). The van der Waals surface area contributed by atoms with Crippen LogP contribution >= 0.6 is 11.8 Å². The van der Waals surface area contributed by atoms with Crippen molar-refractivity contribution in [3.63, 3.8) is 0 Å². The third-order valence-electron chi connectivity index (χ3n) is 4.39. The number of nitrogens with one attached hydrogen (secondary N) is 2. The Balaban J connectivity index is 1.73. The molecule has 0 saturated heterocycles. The van der Waals surface area contributed by atoms with Crippen molar-refractivity contribution in [2.75, 3.05) is 11.0 Å². The van der Waals surface area contributed by atoms with Gasteiger partial charge in [-0.25, -0.2) is 16.8 Å². The van der Waals surface area contributed by atoms with Crippen LogP contribution in [-0.2, 0) is 19.9 Å². The normalized spacial score (nSPS) is 17.2. The predicted octanol–water partition coefficient (Wildman–Crippen LogP) is 3.46. The average molecular weight is 436 g/mol. The Morgan fingerprint density at radius 2 is 1.86 bits per heavy atom. The van der Waals surface area contributed by atoms with Gasteiger partial charge in [-0.2, -0.15) is 5.10 Å². The number of allylic oxidation sites excluding steroid dienone is 1. The molecule has 3 aromatic rings. The smallest absolute Gasteiger partial charge is 0.263 e. The maximum Gasteiger partial charge on any atom is 0.263 e. The SMILES string of the molecule is CS(=O)(=O)c1ccccc1S(=O)(=O)Nc1ccc2n[nH]c(C3CC=CS3)c2c1. The van der Waals surface area contributed by atoms with Gasteiger partial charge in [0, 0.05) is 17.3 Å². The lowest BCUT2D eigenvalue weighted by Gasteiger charge is -2.12. The molecule has 7 nitrogen and oxygen atoms in total. The minimum Gasteiger partial charge on any atom is -0.280 e. The van der Waals surface area contributed by atoms with Gasteiger partial charge in [-0.1, -0.05) is 18.2 Å². The van der Waals surface area contributed by atoms with Gasteiger partial charge in [0.2, 0.25) is 0 Å². The zero-order valence-electron chi connectivity index (χ0n) is 14.8. The minimum atomic E-state index is -4.09. The molecule has 0 radical (unpaired) electrons. The molecule has 1 aliphatic heterocycles. The first kappa shape index (κ1) is 19.0. The van der Waals surface area contributed by atoms with Gasteiger partial charge in [0.25, 0.3) is 10.0 Å². The van der Waals surface area contributed by atoms with E-state index >= 15 is 0 Å². The largest absolute Gasteiger partial charge is 0.280 e. The second-order valence-corrected chi connectivity index (χ2v) is 11.2. The Morgan fingerprint density at radius 3 is 2.54 bits per heavy atom. The molecule has 146 valence electrons. The van der Waals surface area contributed by atoms with E-state index < -0.39 is 19.9 Å². The molecule has 2 N–H and O–H groups in total. The maximum atomic E-state index is 12.9. The number of hydrogen-bond donors (Lipinski definition) is 2. The van der Waals surface area contributed by atoms with Gasteiger partial charge < -0.3 is 0 Å². The van der Waals surface area contributed by atoms with Gasteiger partial charge in [-0.15, -0.1) is 11.8 Å². The minimum absolute atomic E-state index is 0.211. The first-order valence-electron chi connectivity index (χ1n) is 8.36. The zero-order chi connectivity index (χ0) is 19.9. The first-order valence-corrected chi connectivity index (χ1v) is 12.7. The highest BCUT2D eigenvalue weighted by atomic mass is 32.2. The summed E-state index contributed by atoms with van der Waals surface area (Å²) in [4.78, 5) is -0.512. The van der Waals surface area contributed by atoms with Crippen molar-refractivity contribution in [1.29, 1.82) is 0 Å². The fourth-order valence-electron chi connectivity index (χ4n) is 3.10. The van der Waals surface area contributed by atoms with Gasteiger partial charge in [-0.05, 0) is 42.2 Å². The van der Waals surface area contributed by atoms with E-state index in [-0.39, 0.29) is 15.0 Å². The number of sulfonamides is 1. The monoisotopic (exact) mass is 435 g/mol. The van der Waals surface area contributed by atoms with Crippen LogP contribution in [0.3, 0.4) is 0 Å². The number of anilines is 1. The first-order chi connectivity index (χ1) is 13.3. The number of nitrogens with zero attached hydrogens (tertiary/aromatic N) is 1. The highest BCUT2D eigenvalue weighted by Gasteiger charge is 2.24. The Bertz CT molecular complexity index is 1290. The highest BCUT2D eigenvalue weighted by Crippen LogP contribution is 2.40. The van der Waals surface area contributed by atoms with Crippen LogP contribution in [-0.4, -0.2) is 33.3 Å². The van der Waals surface area contributed by atoms with Crippen LogP contribution in [0.15, 0.2) is 63.7 Å². The van der Waals surface area contributed by atoms with E-state index in [4.69, 9.17) is 0 Å². The molecule has 1 unspecified atom stereocenters. The topological polar surface area (TPSA) is 109 Å². The summed E-state index contributed by atoms with van der Waals surface area (Å²) >= 11 is 1.68. The van der Waals surface area contributed by atoms with E-state index in [0.29, 0.717) is 5.69 Å². The summed E-state index contributed by atoms with van der Waals surface area (Å²) in [5, 5.41) is 10.4. The van der Waals surface area contributed by atoms with Crippen LogP contribution in [0.1, 0.15) is 17.4 Å². The van der Waals surface area contributed by atoms with E-state index in [1.807, 2.05) is 5.41 Å². The molecule has 0 aliphatic carbocycles. The summed E-state index contributed by atoms with van der Waals surface area (Å²) in [6, 6.07) is 10.6. The predicted molar refractivity (Wildman–Crippen MR) is 111 cm³/mol. The van der Waals surface area contributed by atoms with Crippen LogP contribution in [0.5, 0.6) is 0 Å². The summed E-state index contributed by atoms with van der Waals surface area (Å²) < 4.78 is 52.2. The molecular formula is C18H17N3O4S3. The lowest BCUT2D eigenvalue weighted by molar-refractivity contribution is 0.588. The fraction of sp³-hybridized carbons (Fsp3) is 0.167. The average Bonchev–Trinajstić information content (AvgIpc) is 3.29. The zero-order valence-corrected chi connectivity index (χ0v) is 17.2. The van der Waals surface area contributed by atoms with E-state index in [2.05, 4.69) is 21.0 Å². The molecule has 1 aliphatic rings. The molecule has 0 spiro atoms. The quantitative estimate of drug-likeness (QED) is 0.635. The molecule has 0 amide bonds. The van der Waals surface area contributed by atoms with Gasteiger partial charge in [0.05, 0.1) is 21.4 Å². The summed E-state index contributed by atoms with van der Waals surface area (Å²) in [5.41, 5.74) is 2.01. The molecule has 28 heavy (non-hydrogen) atoms. The van der Waals surface area contributed by atoms with Crippen molar-refractivity contribution in [2.45, 2.75) is 21.5 Å². The van der Waals surface area contributed by atoms with Crippen LogP contribution in [0.4, 0.5) is 5.69 Å². The van der Waals surface area contributed by atoms with Crippen molar-refractivity contribution in [3.8, 4) is 0 Å². The standard InChI is InChI=1S/C18H17N3O4S3/c1-27(22,23)16-6-2-3-7-17(16)28(24,25)21-12-8-9-14-13(11-12)18(20-19-14)15-5-4-10-26-15/h2-4,6-11,15,21H,5H2,1H3,(H,19,20). The van der Waals surface area contributed by atoms with Crippen LogP contribution in [0.25, 0.3) is 10.9 Å². The summed E-state index contributed by atoms with van der Waals surface area (Å²) in [7, 11) is -7.78. The fourth-order valence-corrected chi connectivity index (χ4v) is 6.73. The third-order valence-corrected chi connectivity index (χ3v) is 8.21. The summed E-state index contributed by atoms with van der Waals surface area (Å²) in [6.45, 7) is 0. The maximum absolute atomic E-state index is 12.9. The van der Waals surface area contributed by atoms with Gasteiger partial charge >= 0.3 is 0 Å². The molecule has 10 heteroatoms. The van der Waals surface area contributed by atoms with Crippen molar-refractivity contribution < 1.29 is 16.8 Å². The number of sulfone groups is 1. The molecule has 2 heterocycles. The van der Waals surface area contributed by atoms with Crippen LogP contribution in [0, 0.1) is 0 Å². The lowest BCUT2D eigenvalue weighted by atomic mass is 10.1. The van der Waals surface area contributed by atoms with Crippen molar-refractivity contribution >= 4 is 48.2 Å². The second kappa shape index (κ2) is 6.94.